The Morgan fingerprint density at radius 2 is 2.00 bits per heavy atom. The molecule has 0 bridgehead atoms. The predicted octanol–water partition coefficient (Wildman–Crippen LogP) is 5.00. The first-order chi connectivity index (χ1) is 13.7. The highest BCUT2D eigenvalue weighted by atomic mass is 16.3. The molecule has 3 aromatic rings. The highest BCUT2D eigenvalue weighted by molar-refractivity contribution is 6.01. The van der Waals surface area contributed by atoms with Crippen molar-refractivity contribution in [2.45, 2.75) is 38.1 Å². The molecular weight excluding hydrogens is 348 g/mol. The van der Waals surface area contributed by atoms with E-state index in [0.29, 0.717) is 11.5 Å². The fraction of sp³-hybridized carbons (Fsp3) is 0.292. The van der Waals surface area contributed by atoms with Gasteiger partial charge < -0.3 is 15.4 Å². The van der Waals surface area contributed by atoms with Gasteiger partial charge in [0.1, 0.15) is 5.75 Å². The van der Waals surface area contributed by atoms with Gasteiger partial charge in [-0.05, 0) is 67.9 Å². The normalized spacial score (nSPS) is 21.5. The largest absolute Gasteiger partial charge is 0.508 e. The monoisotopic (exact) mass is 372 g/mol. The molecule has 142 valence electrons. The summed E-state index contributed by atoms with van der Waals surface area (Å²) in [6, 6.07) is 13.1. The van der Waals surface area contributed by atoms with Gasteiger partial charge in [-0.2, -0.15) is 0 Å². The van der Waals surface area contributed by atoms with Gasteiger partial charge in [-0.25, -0.2) is 0 Å². The van der Waals surface area contributed by atoms with Gasteiger partial charge in [0, 0.05) is 27.7 Å². The van der Waals surface area contributed by atoms with Crippen LogP contribution in [0.25, 0.3) is 10.9 Å². The molecule has 0 saturated heterocycles. The fourth-order valence-electron chi connectivity index (χ4n) is 4.74. The molecular formula is C24H24N2O2. The van der Waals surface area contributed by atoms with Crippen molar-refractivity contribution in [3.63, 3.8) is 0 Å². The van der Waals surface area contributed by atoms with E-state index in [0.717, 1.165) is 34.9 Å². The van der Waals surface area contributed by atoms with E-state index in [9.17, 15) is 9.90 Å². The minimum Gasteiger partial charge on any atom is -0.508 e. The number of aromatic hydroxyl groups is 1. The SMILES string of the molecule is O=C1N[C@H](c2c(CC3CC=CCCC3)[nH]c3ccccc23)c2cc(O)ccc21. The van der Waals surface area contributed by atoms with E-state index < -0.39 is 0 Å². The zero-order valence-corrected chi connectivity index (χ0v) is 15.7. The van der Waals surface area contributed by atoms with E-state index in [1.54, 1.807) is 18.2 Å². The minimum absolute atomic E-state index is 0.0753. The number of allylic oxidation sites excluding steroid dienone is 2. The number of aromatic amines is 1. The molecule has 0 radical (unpaired) electrons. The fourth-order valence-corrected chi connectivity index (χ4v) is 4.74. The lowest BCUT2D eigenvalue weighted by Crippen LogP contribution is -2.21. The van der Waals surface area contributed by atoms with Crippen LogP contribution in [0.4, 0.5) is 0 Å². The van der Waals surface area contributed by atoms with Crippen molar-refractivity contribution in [2.24, 2.45) is 5.92 Å². The average Bonchev–Trinajstić information content (AvgIpc) is 3.07. The number of aromatic nitrogens is 1. The lowest BCUT2D eigenvalue weighted by atomic mass is 9.90. The minimum atomic E-state index is -0.234. The molecule has 2 aliphatic rings. The Labute approximate surface area is 164 Å². The van der Waals surface area contributed by atoms with Crippen LogP contribution in [0.3, 0.4) is 0 Å². The van der Waals surface area contributed by atoms with Gasteiger partial charge >= 0.3 is 0 Å². The number of carbonyl (C=O) groups excluding carboxylic acids is 1. The third kappa shape index (κ3) is 2.89. The summed E-state index contributed by atoms with van der Waals surface area (Å²) >= 11 is 0. The molecule has 1 amide bonds. The standard InChI is InChI=1S/C24H24N2O2/c27-16-11-12-17-19(14-16)23(26-24(17)28)22-18-9-5-6-10-20(18)25-21(22)13-15-7-3-1-2-4-8-15/h1,3,5-6,9-12,14-15,23,25,27H,2,4,7-8,13H2,(H,26,28)/t15?,23-/m0/s1. The smallest absolute Gasteiger partial charge is 0.252 e. The molecule has 5 rings (SSSR count). The van der Waals surface area contributed by atoms with Gasteiger partial charge in [0.2, 0.25) is 0 Å². The van der Waals surface area contributed by atoms with Crippen LogP contribution >= 0.6 is 0 Å². The van der Waals surface area contributed by atoms with Crippen LogP contribution in [0.1, 0.15) is 58.9 Å². The average molecular weight is 372 g/mol. The van der Waals surface area contributed by atoms with Crippen LogP contribution in [-0.2, 0) is 6.42 Å². The number of benzene rings is 2. The second kappa shape index (κ2) is 6.86. The Morgan fingerprint density at radius 1 is 1.11 bits per heavy atom. The van der Waals surface area contributed by atoms with Crippen molar-refractivity contribution in [3.05, 3.63) is 77.0 Å². The molecule has 2 atom stereocenters. The zero-order chi connectivity index (χ0) is 19.1. The summed E-state index contributed by atoms with van der Waals surface area (Å²) in [5.41, 5.74) is 4.94. The summed E-state index contributed by atoms with van der Waals surface area (Å²) in [4.78, 5) is 16.2. The molecule has 2 heterocycles. The maximum Gasteiger partial charge on any atom is 0.252 e. The van der Waals surface area contributed by atoms with Crippen LogP contribution in [-0.4, -0.2) is 16.0 Å². The zero-order valence-electron chi connectivity index (χ0n) is 15.7. The molecule has 3 N–H and O–H groups in total. The number of hydrogen-bond acceptors (Lipinski definition) is 2. The Morgan fingerprint density at radius 3 is 2.93 bits per heavy atom. The van der Waals surface area contributed by atoms with Crippen molar-refractivity contribution in [2.75, 3.05) is 0 Å². The third-order valence-corrected chi connectivity index (χ3v) is 6.09. The first-order valence-electron chi connectivity index (χ1n) is 10.1. The number of para-hydroxylation sites is 1. The topological polar surface area (TPSA) is 65.1 Å². The second-order valence-electron chi connectivity index (χ2n) is 7.95. The Bertz CT molecular complexity index is 1080. The van der Waals surface area contributed by atoms with Gasteiger partial charge in [0.15, 0.2) is 0 Å². The van der Waals surface area contributed by atoms with E-state index in [4.69, 9.17) is 0 Å². The number of hydrogen-bond donors (Lipinski definition) is 3. The van der Waals surface area contributed by atoms with E-state index in [1.807, 2.05) is 12.1 Å². The Kier molecular flexibility index (Phi) is 4.19. The number of H-pyrrole nitrogens is 1. The van der Waals surface area contributed by atoms with E-state index in [-0.39, 0.29) is 17.7 Å². The molecule has 0 spiro atoms. The van der Waals surface area contributed by atoms with Gasteiger partial charge in [0.25, 0.3) is 5.91 Å². The van der Waals surface area contributed by atoms with Crippen LogP contribution in [0, 0.1) is 5.92 Å². The molecule has 1 unspecified atom stereocenters. The van der Waals surface area contributed by atoms with Crippen LogP contribution in [0.2, 0.25) is 0 Å². The molecule has 0 saturated carbocycles. The maximum absolute atomic E-state index is 12.6. The molecule has 1 aromatic heterocycles. The number of phenols is 1. The van der Waals surface area contributed by atoms with E-state index in [2.05, 4.69) is 34.6 Å². The highest BCUT2D eigenvalue weighted by Crippen LogP contribution is 2.39. The molecule has 1 aliphatic carbocycles. The number of nitrogens with one attached hydrogen (secondary N) is 2. The number of amides is 1. The first-order valence-corrected chi connectivity index (χ1v) is 10.1. The van der Waals surface area contributed by atoms with Gasteiger partial charge in [0.05, 0.1) is 6.04 Å². The van der Waals surface area contributed by atoms with Gasteiger partial charge in [-0.1, -0.05) is 30.4 Å². The number of rotatable bonds is 3. The van der Waals surface area contributed by atoms with Crippen LogP contribution in [0.5, 0.6) is 5.75 Å². The second-order valence-corrected chi connectivity index (χ2v) is 7.95. The first kappa shape index (κ1) is 17.1. The maximum atomic E-state index is 12.6. The Balaban J connectivity index is 1.62. The quantitative estimate of drug-likeness (QED) is 0.567. The van der Waals surface area contributed by atoms with Gasteiger partial charge in [-0.15, -0.1) is 0 Å². The summed E-state index contributed by atoms with van der Waals surface area (Å²) < 4.78 is 0. The van der Waals surface area contributed by atoms with Gasteiger partial charge in [-0.3, -0.25) is 4.79 Å². The predicted molar refractivity (Wildman–Crippen MR) is 111 cm³/mol. The molecule has 0 fully saturated rings. The summed E-state index contributed by atoms with van der Waals surface area (Å²) in [6.45, 7) is 0. The third-order valence-electron chi connectivity index (χ3n) is 6.09. The number of carbonyl (C=O) groups is 1. The number of phenolic OH excluding ortho intramolecular Hbond substituents is 1. The van der Waals surface area contributed by atoms with Crippen molar-refractivity contribution >= 4 is 16.8 Å². The van der Waals surface area contributed by atoms with E-state index >= 15 is 0 Å². The summed E-state index contributed by atoms with van der Waals surface area (Å²) in [6.07, 6.45) is 10.3. The lowest BCUT2D eigenvalue weighted by Gasteiger charge is -2.18. The lowest BCUT2D eigenvalue weighted by molar-refractivity contribution is 0.0960. The Hall–Kier alpha value is -3.01. The van der Waals surface area contributed by atoms with Crippen LogP contribution < -0.4 is 5.32 Å². The summed E-state index contributed by atoms with van der Waals surface area (Å²) in [7, 11) is 0. The molecule has 2 aromatic carbocycles. The molecule has 4 heteroatoms. The van der Waals surface area contributed by atoms with Crippen molar-refractivity contribution in [1.82, 2.24) is 10.3 Å². The summed E-state index contributed by atoms with van der Waals surface area (Å²) in [5, 5.41) is 14.3. The molecule has 1 aliphatic heterocycles. The van der Waals surface area contributed by atoms with E-state index in [1.165, 1.54) is 25.0 Å². The number of fused-ring (bicyclic) bond motifs is 2. The van der Waals surface area contributed by atoms with Crippen molar-refractivity contribution in [1.29, 1.82) is 0 Å². The highest BCUT2D eigenvalue weighted by Gasteiger charge is 2.33. The molecule has 28 heavy (non-hydrogen) atoms. The summed E-state index contributed by atoms with van der Waals surface area (Å²) in [5.74, 6) is 0.718. The van der Waals surface area contributed by atoms with Crippen molar-refractivity contribution in [3.8, 4) is 5.75 Å². The van der Waals surface area contributed by atoms with Crippen molar-refractivity contribution < 1.29 is 9.90 Å². The molecule has 4 nitrogen and oxygen atoms in total. The van der Waals surface area contributed by atoms with Crippen LogP contribution in [0.15, 0.2) is 54.6 Å².